The normalized spacial score (nSPS) is 10.1. The first kappa shape index (κ1) is 16.6. The SMILES string of the molecule is Cc1cccc(Nc2cccc(NC(=O)OCc3ccccc3)c2)c1. The number of carbonyl (C=O) groups excluding carboxylic acids is 1. The Morgan fingerprint density at radius 2 is 1.52 bits per heavy atom. The lowest BCUT2D eigenvalue weighted by molar-refractivity contribution is 0.155. The Labute approximate surface area is 147 Å². The van der Waals surface area contributed by atoms with Crippen LogP contribution in [0, 0.1) is 6.92 Å². The smallest absolute Gasteiger partial charge is 0.411 e. The maximum absolute atomic E-state index is 11.9. The summed E-state index contributed by atoms with van der Waals surface area (Å²) in [5, 5.41) is 6.07. The second kappa shape index (κ2) is 8.02. The maximum atomic E-state index is 11.9. The lowest BCUT2D eigenvalue weighted by Gasteiger charge is -2.10. The van der Waals surface area contributed by atoms with Gasteiger partial charge >= 0.3 is 6.09 Å². The molecule has 2 N–H and O–H groups in total. The highest BCUT2D eigenvalue weighted by Gasteiger charge is 2.05. The molecular weight excluding hydrogens is 312 g/mol. The third kappa shape index (κ3) is 5.11. The highest BCUT2D eigenvalue weighted by molar-refractivity contribution is 5.85. The molecule has 0 saturated carbocycles. The topological polar surface area (TPSA) is 50.4 Å². The van der Waals surface area contributed by atoms with Gasteiger partial charge in [-0.05, 0) is 48.4 Å². The van der Waals surface area contributed by atoms with Crippen LogP contribution in [0.4, 0.5) is 21.9 Å². The Balaban J connectivity index is 1.58. The van der Waals surface area contributed by atoms with Crippen LogP contribution in [0.25, 0.3) is 0 Å². The van der Waals surface area contributed by atoms with Crippen LogP contribution >= 0.6 is 0 Å². The Hall–Kier alpha value is -3.27. The van der Waals surface area contributed by atoms with Gasteiger partial charge in [-0.2, -0.15) is 0 Å². The summed E-state index contributed by atoms with van der Waals surface area (Å²) in [7, 11) is 0. The molecule has 0 aliphatic rings. The molecule has 0 aliphatic heterocycles. The number of rotatable bonds is 5. The van der Waals surface area contributed by atoms with E-state index in [1.54, 1.807) is 0 Å². The molecule has 3 rings (SSSR count). The van der Waals surface area contributed by atoms with Crippen molar-refractivity contribution in [2.75, 3.05) is 10.6 Å². The zero-order valence-electron chi connectivity index (χ0n) is 14.0. The molecule has 3 aromatic carbocycles. The molecule has 4 nitrogen and oxygen atoms in total. The maximum Gasteiger partial charge on any atom is 0.411 e. The number of hydrogen-bond donors (Lipinski definition) is 2. The molecule has 0 spiro atoms. The van der Waals surface area contributed by atoms with Crippen molar-refractivity contribution in [2.24, 2.45) is 0 Å². The van der Waals surface area contributed by atoms with E-state index < -0.39 is 6.09 Å². The Morgan fingerprint density at radius 1 is 0.840 bits per heavy atom. The fourth-order valence-corrected chi connectivity index (χ4v) is 2.44. The number of anilines is 3. The summed E-state index contributed by atoms with van der Waals surface area (Å²) < 4.78 is 5.24. The minimum Gasteiger partial charge on any atom is -0.444 e. The molecule has 0 saturated heterocycles. The van der Waals surface area contributed by atoms with Gasteiger partial charge in [-0.25, -0.2) is 4.79 Å². The average Bonchev–Trinajstić information content (AvgIpc) is 2.61. The van der Waals surface area contributed by atoms with Crippen LogP contribution in [-0.4, -0.2) is 6.09 Å². The number of amides is 1. The van der Waals surface area contributed by atoms with Crippen molar-refractivity contribution in [2.45, 2.75) is 13.5 Å². The van der Waals surface area contributed by atoms with Crippen LogP contribution in [0.2, 0.25) is 0 Å². The average molecular weight is 332 g/mol. The molecule has 3 aromatic rings. The summed E-state index contributed by atoms with van der Waals surface area (Å²) in [6, 6.07) is 25.2. The van der Waals surface area contributed by atoms with Crippen molar-refractivity contribution in [3.05, 3.63) is 90.0 Å². The molecule has 25 heavy (non-hydrogen) atoms. The first-order valence-corrected chi connectivity index (χ1v) is 8.10. The zero-order chi connectivity index (χ0) is 17.5. The summed E-state index contributed by atoms with van der Waals surface area (Å²) in [6.45, 7) is 2.29. The van der Waals surface area contributed by atoms with Crippen LogP contribution in [-0.2, 0) is 11.3 Å². The van der Waals surface area contributed by atoms with E-state index in [1.807, 2.05) is 79.7 Å². The first-order valence-electron chi connectivity index (χ1n) is 8.10. The van der Waals surface area contributed by atoms with Gasteiger partial charge in [0, 0.05) is 17.1 Å². The molecule has 0 radical (unpaired) electrons. The monoisotopic (exact) mass is 332 g/mol. The molecule has 0 heterocycles. The van der Waals surface area contributed by atoms with Gasteiger partial charge in [0.15, 0.2) is 0 Å². The van der Waals surface area contributed by atoms with Gasteiger partial charge in [0.25, 0.3) is 0 Å². The van der Waals surface area contributed by atoms with E-state index in [0.717, 1.165) is 16.9 Å². The lowest BCUT2D eigenvalue weighted by Crippen LogP contribution is -2.13. The second-order valence-electron chi connectivity index (χ2n) is 5.76. The summed E-state index contributed by atoms with van der Waals surface area (Å²) in [5.74, 6) is 0. The quantitative estimate of drug-likeness (QED) is 0.650. The molecular formula is C21H20N2O2. The lowest BCUT2D eigenvalue weighted by atomic mass is 10.2. The predicted molar refractivity (Wildman–Crippen MR) is 101 cm³/mol. The Kier molecular flexibility index (Phi) is 5.32. The molecule has 0 fully saturated rings. The van der Waals surface area contributed by atoms with Gasteiger partial charge in [-0.1, -0.05) is 48.5 Å². The number of ether oxygens (including phenoxy) is 1. The van der Waals surface area contributed by atoms with Crippen LogP contribution < -0.4 is 10.6 Å². The van der Waals surface area contributed by atoms with Gasteiger partial charge < -0.3 is 10.1 Å². The zero-order valence-corrected chi connectivity index (χ0v) is 14.0. The number of benzene rings is 3. The van der Waals surface area contributed by atoms with E-state index in [2.05, 4.69) is 16.7 Å². The van der Waals surface area contributed by atoms with Crippen LogP contribution in [0.1, 0.15) is 11.1 Å². The van der Waals surface area contributed by atoms with E-state index in [-0.39, 0.29) is 6.61 Å². The van der Waals surface area contributed by atoms with Crippen LogP contribution in [0.5, 0.6) is 0 Å². The minimum absolute atomic E-state index is 0.244. The highest BCUT2D eigenvalue weighted by Crippen LogP contribution is 2.21. The number of carbonyl (C=O) groups is 1. The van der Waals surface area contributed by atoms with Gasteiger partial charge in [0.05, 0.1) is 0 Å². The third-order valence-electron chi connectivity index (χ3n) is 3.63. The summed E-state index contributed by atoms with van der Waals surface area (Å²) >= 11 is 0. The summed E-state index contributed by atoms with van der Waals surface area (Å²) in [6.07, 6.45) is -0.475. The van der Waals surface area contributed by atoms with Crippen molar-refractivity contribution in [3.63, 3.8) is 0 Å². The van der Waals surface area contributed by atoms with Crippen molar-refractivity contribution in [1.29, 1.82) is 0 Å². The van der Waals surface area contributed by atoms with Gasteiger partial charge in [0.1, 0.15) is 6.61 Å². The number of hydrogen-bond acceptors (Lipinski definition) is 3. The molecule has 0 bridgehead atoms. The first-order chi connectivity index (χ1) is 12.2. The van der Waals surface area contributed by atoms with Crippen molar-refractivity contribution in [1.82, 2.24) is 0 Å². The van der Waals surface area contributed by atoms with Gasteiger partial charge in [0.2, 0.25) is 0 Å². The van der Waals surface area contributed by atoms with Crippen molar-refractivity contribution >= 4 is 23.2 Å². The number of aryl methyl sites for hydroxylation is 1. The van der Waals surface area contributed by atoms with Crippen molar-refractivity contribution < 1.29 is 9.53 Å². The van der Waals surface area contributed by atoms with E-state index in [1.165, 1.54) is 5.56 Å². The highest BCUT2D eigenvalue weighted by atomic mass is 16.5. The van der Waals surface area contributed by atoms with E-state index in [9.17, 15) is 4.79 Å². The van der Waals surface area contributed by atoms with Gasteiger partial charge in [-0.3, -0.25) is 5.32 Å². The van der Waals surface area contributed by atoms with Crippen LogP contribution in [0.3, 0.4) is 0 Å². The predicted octanol–water partition coefficient (Wildman–Crippen LogP) is 5.49. The van der Waals surface area contributed by atoms with Crippen molar-refractivity contribution in [3.8, 4) is 0 Å². The molecule has 126 valence electrons. The Morgan fingerprint density at radius 3 is 2.28 bits per heavy atom. The molecule has 4 heteroatoms. The fraction of sp³-hybridized carbons (Fsp3) is 0.0952. The molecule has 0 unspecified atom stereocenters. The molecule has 1 amide bonds. The fourth-order valence-electron chi connectivity index (χ4n) is 2.44. The molecule has 0 atom stereocenters. The standard InChI is InChI=1S/C21H20N2O2/c1-16-7-5-10-18(13-16)22-19-11-6-12-20(14-19)23-21(24)25-15-17-8-3-2-4-9-17/h2-14,22H,15H2,1H3,(H,23,24). The van der Waals surface area contributed by atoms with Gasteiger partial charge in [-0.15, -0.1) is 0 Å². The third-order valence-corrected chi connectivity index (χ3v) is 3.63. The minimum atomic E-state index is -0.475. The van der Waals surface area contributed by atoms with E-state index in [0.29, 0.717) is 5.69 Å². The largest absolute Gasteiger partial charge is 0.444 e. The van der Waals surface area contributed by atoms with E-state index >= 15 is 0 Å². The summed E-state index contributed by atoms with van der Waals surface area (Å²) in [4.78, 5) is 11.9. The molecule has 0 aliphatic carbocycles. The van der Waals surface area contributed by atoms with Crippen LogP contribution in [0.15, 0.2) is 78.9 Å². The van der Waals surface area contributed by atoms with E-state index in [4.69, 9.17) is 4.74 Å². The second-order valence-corrected chi connectivity index (χ2v) is 5.76. The summed E-state index contributed by atoms with van der Waals surface area (Å²) in [5.41, 5.74) is 4.71. The number of nitrogens with one attached hydrogen (secondary N) is 2. The molecule has 0 aromatic heterocycles. The Bertz CT molecular complexity index is 847.